The van der Waals surface area contributed by atoms with E-state index in [1.54, 1.807) is 0 Å². The van der Waals surface area contributed by atoms with Gasteiger partial charge in [0.15, 0.2) is 0 Å². The van der Waals surface area contributed by atoms with Gasteiger partial charge in [0.25, 0.3) is 0 Å². The summed E-state index contributed by atoms with van der Waals surface area (Å²) in [5, 5.41) is 0. The Morgan fingerprint density at radius 1 is 0.679 bits per heavy atom. The van der Waals surface area contributed by atoms with E-state index in [2.05, 4.69) is 44.0 Å². The molecule has 0 bridgehead atoms. The van der Waals surface area contributed by atoms with Crippen LogP contribution >= 0.6 is 49.6 Å². The van der Waals surface area contributed by atoms with Crippen molar-refractivity contribution >= 4 is 49.6 Å². The third kappa shape index (κ3) is 6.72. The maximum absolute atomic E-state index is 4.52. The molecule has 4 heterocycles. The normalized spacial score (nSPS) is 21.7. The van der Waals surface area contributed by atoms with Gasteiger partial charge in [0.05, 0.1) is 11.4 Å². The zero-order chi connectivity index (χ0) is 16.2. The Balaban J connectivity index is 0.00000182. The molecule has 158 valence electrons. The molecule has 2 aliphatic heterocycles. The molecule has 2 fully saturated rings. The molecule has 0 saturated carbocycles. The van der Waals surface area contributed by atoms with Crippen molar-refractivity contribution in [2.24, 2.45) is 0 Å². The maximum Gasteiger partial charge on any atom is 0.0544 e. The molecule has 0 aliphatic carbocycles. The van der Waals surface area contributed by atoms with E-state index in [1.807, 2.05) is 24.5 Å². The van der Waals surface area contributed by atoms with E-state index in [4.69, 9.17) is 0 Å². The first kappa shape index (κ1) is 27.4. The second kappa shape index (κ2) is 13.6. The molecular formula is C20H30Cl4N4. The summed E-state index contributed by atoms with van der Waals surface area (Å²) in [4.78, 5) is 14.4. The molecule has 2 aromatic rings. The predicted molar refractivity (Wildman–Crippen MR) is 124 cm³/mol. The van der Waals surface area contributed by atoms with Crippen molar-refractivity contribution in [3.05, 3.63) is 60.2 Å². The highest BCUT2D eigenvalue weighted by Crippen LogP contribution is 2.31. The number of hydrogen-bond acceptors (Lipinski definition) is 4. The van der Waals surface area contributed by atoms with Gasteiger partial charge in [-0.15, -0.1) is 49.6 Å². The van der Waals surface area contributed by atoms with E-state index in [0.29, 0.717) is 12.1 Å². The third-order valence-electron chi connectivity index (χ3n) is 5.46. The minimum atomic E-state index is 0. The molecule has 2 saturated heterocycles. The van der Waals surface area contributed by atoms with Crippen LogP contribution in [0.3, 0.4) is 0 Å². The highest BCUT2D eigenvalue weighted by atomic mass is 35.5. The average molecular weight is 468 g/mol. The Bertz CT molecular complexity index is 590. The van der Waals surface area contributed by atoms with E-state index in [9.17, 15) is 0 Å². The molecule has 2 aliphatic rings. The van der Waals surface area contributed by atoms with Gasteiger partial charge < -0.3 is 0 Å². The first-order valence-electron chi connectivity index (χ1n) is 9.18. The van der Waals surface area contributed by atoms with Crippen molar-refractivity contribution in [2.45, 2.75) is 50.9 Å². The van der Waals surface area contributed by atoms with Crippen LogP contribution in [0.5, 0.6) is 0 Å². The van der Waals surface area contributed by atoms with Crippen LogP contribution in [0, 0.1) is 0 Å². The van der Waals surface area contributed by atoms with Crippen LogP contribution in [-0.4, -0.2) is 44.9 Å². The quantitative estimate of drug-likeness (QED) is 0.632. The summed E-state index contributed by atoms with van der Waals surface area (Å²) < 4.78 is 0. The molecular weight excluding hydrogens is 438 g/mol. The third-order valence-corrected chi connectivity index (χ3v) is 5.46. The smallest absolute Gasteiger partial charge is 0.0544 e. The molecule has 0 unspecified atom stereocenters. The van der Waals surface area contributed by atoms with Crippen LogP contribution in [0.15, 0.2) is 48.8 Å². The van der Waals surface area contributed by atoms with Gasteiger partial charge >= 0.3 is 0 Å². The van der Waals surface area contributed by atoms with Crippen LogP contribution in [0.25, 0.3) is 0 Å². The highest BCUT2D eigenvalue weighted by Gasteiger charge is 2.37. The van der Waals surface area contributed by atoms with Crippen LogP contribution in [0.2, 0.25) is 0 Å². The second-order valence-electron chi connectivity index (χ2n) is 7.00. The summed E-state index contributed by atoms with van der Waals surface area (Å²) >= 11 is 0. The Morgan fingerprint density at radius 3 is 1.46 bits per heavy atom. The number of halogens is 4. The SMILES string of the molecule is Cl.Cl.Cl.Cl.c1ccc(CN2CCC[C@H]2[C@@H]2CCCN2Cc2ccccn2)nc1. The number of likely N-dealkylation sites (tertiary alicyclic amines) is 2. The first-order chi connectivity index (χ1) is 11.9. The van der Waals surface area contributed by atoms with Crippen molar-refractivity contribution in [1.82, 2.24) is 19.8 Å². The molecule has 28 heavy (non-hydrogen) atoms. The molecule has 0 spiro atoms. The number of rotatable bonds is 5. The molecule has 0 aromatic carbocycles. The lowest BCUT2D eigenvalue weighted by Gasteiger charge is -2.34. The van der Waals surface area contributed by atoms with E-state index < -0.39 is 0 Å². The Kier molecular flexibility index (Phi) is 13.3. The lowest BCUT2D eigenvalue weighted by molar-refractivity contribution is 0.122. The summed E-state index contributed by atoms with van der Waals surface area (Å²) in [5.74, 6) is 0. The molecule has 0 radical (unpaired) electrons. The minimum absolute atomic E-state index is 0. The molecule has 2 aromatic heterocycles. The van der Waals surface area contributed by atoms with E-state index in [0.717, 1.165) is 13.1 Å². The van der Waals surface area contributed by atoms with Gasteiger partial charge in [-0.05, 0) is 63.0 Å². The van der Waals surface area contributed by atoms with Crippen molar-refractivity contribution < 1.29 is 0 Å². The molecule has 0 N–H and O–H groups in total. The summed E-state index contributed by atoms with van der Waals surface area (Å²) in [7, 11) is 0. The number of hydrogen-bond donors (Lipinski definition) is 0. The van der Waals surface area contributed by atoms with Gasteiger partial charge in [-0.3, -0.25) is 19.8 Å². The predicted octanol–water partition coefficient (Wildman–Crippen LogP) is 4.79. The minimum Gasteiger partial charge on any atom is -0.293 e. The van der Waals surface area contributed by atoms with E-state index >= 15 is 0 Å². The van der Waals surface area contributed by atoms with Gasteiger partial charge in [0.2, 0.25) is 0 Å². The van der Waals surface area contributed by atoms with Crippen LogP contribution in [0.4, 0.5) is 0 Å². The lowest BCUT2D eigenvalue weighted by Crippen LogP contribution is -2.45. The Morgan fingerprint density at radius 2 is 1.11 bits per heavy atom. The van der Waals surface area contributed by atoms with Gasteiger partial charge in [0.1, 0.15) is 0 Å². The maximum atomic E-state index is 4.52. The Labute approximate surface area is 193 Å². The van der Waals surface area contributed by atoms with Crippen molar-refractivity contribution in [2.75, 3.05) is 13.1 Å². The monoisotopic (exact) mass is 466 g/mol. The van der Waals surface area contributed by atoms with Gasteiger partial charge in [-0.25, -0.2) is 0 Å². The Hall–Kier alpha value is -0.620. The van der Waals surface area contributed by atoms with Gasteiger partial charge in [-0.2, -0.15) is 0 Å². The van der Waals surface area contributed by atoms with Gasteiger partial charge in [-0.1, -0.05) is 12.1 Å². The van der Waals surface area contributed by atoms with Crippen LogP contribution < -0.4 is 0 Å². The number of pyridine rings is 2. The summed E-state index contributed by atoms with van der Waals surface area (Å²) in [5.41, 5.74) is 2.39. The molecule has 8 heteroatoms. The first-order valence-corrected chi connectivity index (χ1v) is 9.18. The fourth-order valence-electron chi connectivity index (χ4n) is 4.37. The fraction of sp³-hybridized carbons (Fsp3) is 0.500. The van der Waals surface area contributed by atoms with Crippen LogP contribution in [0.1, 0.15) is 37.1 Å². The molecule has 0 amide bonds. The summed E-state index contributed by atoms with van der Waals surface area (Å²) in [6.45, 7) is 4.38. The average Bonchev–Trinajstić information content (AvgIpc) is 3.26. The van der Waals surface area contributed by atoms with Crippen molar-refractivity contribution in [3.8, 4) is 0 Å². The highest BCUT2D eigenvalue weighted by molar-refractivity contribution is 5.86. The molecule has 4 rings (SSSR count). The molecule has 4 nitrogen and oxygen atoms in total. The zero-order valence-electron chi connectivity index (χ0n) is 15.9. The number of nitrogens with zero attached hydrogens (tertiary/aromatic N) is 4. The van der Waals surface area contributed by atoms with Crippen LogP contribution in [-0.2, 0) is 13.1 Å². The summed E-state index contributed by atoms with van der Waals surface area (Å²) in [6, 6.07) is 13.8. The topological polar surface area (TPSA) is 32.3 Å². The van der Waals surface area contributed by atoms with Crippen molar-refractivity contribution in [1.29, 1.82) is 0 Å². The van der Waals surface area contributed by atoms with Crippen molar-refractivity contribution in [3.63, 3.8) is 0 Å². The zero-order valence-corrected chi connectivity index (χ0v) is 19.1. The molecule has 2 atom stereocenters. The largest absolute Gasteiger partial charge is 0.293 e. The number of aromatic nitrogens is 2. The second-order valence-corrected chi connectivity index (χ2v) is 7.00. The standard InChI is InChI=1S/C20H26N4.4ClH/c1-3-11-21-17(7-1)15-23-13-5-9-19(23)20-10-6-14-24(20)16-18-8-2-4-12-22-18;;;;/h1-4,7-8,11-12,19-20H,5-6,9-10,13-16H2;4*1H/t19-,20-;;;;/m0..../s1. The van der Waals surface area contributed by atoms with E-state index in [-0.39, 0.29) is 49.6 Å². The lowest BCUT2D eigenvalue weighted by atomic mass is 10.0. The fourth-order valence-corrected chi connectivity index (χ4v) is 4.37. The van der Waals surface area contributed by atoms with E-state index in [1.165, 1.54) is 50.2 Å². The van der Waals surface area contributed by atoms with Gasteiger partial charge in [0, 0.05) is 37.6 Å². The summed E-state index contributed by atoms with van der Waals surface area (Å²) in [6.07, 6.45) is 9.07.